The SMILES string of the molecule is C=CCCC1CCC(C#Cc2ccc(-c3ccc(Cl)cc3)nc2)CC1. The van der Waals surface area contributed by atoms with Crippen LogP contribution in [0.25, 0.3) is 11.3 Å². The van der Waals surface area contributed by atoms with Gasteiger partial charge in [0.05, 0.1) is 5.69 Å². The summed E-state index contributed by atoms with van der Waals surface area (Å²) in [6, 6.07) is 11.8. The molecule has 0 atom stereocenters. The average molecular weight is 350 g/mol. The van der Waals surface area contributed by atoms with E-state index in [0.29, 0.717) is 5.92 Å². The molecule has 2 heteroatoms. The highest BCUT2D eigenvalue weighted by atomic mass is 35.5. The van der Waals surface area contributed by atoms with Gasteiger partial charge in [-0.2, -0.15) is 0 Å². The summed E-state index contributed by atoms with van der Waals surface area (Å²) in [6.45, 7) is 3.82. The van der Waals surface area contributed by atoms with Crippen LogP contribution in [0.3, 0.4) is 0 Å². The second kappa shape index (κ2) is 8.88. The van der Waals surface area contributed by atoms with Gasteiger partial charge in [-0.25, -0.2) is 0 Å². The van der Waals surface area contributed by atoms with Crippen molar-refractivity contribution in [2.24, 2.45) is 11.8 Å². The summed E-state index contributed by atoms with van der Waals surface area (Å²) in [6.07, 6.45) is 11.4. The normalized spacial score (nSPS) is 19.7. The van der Waals surface area contributed by atoms with Crippen molar-refractivity contribution < 1.29 is 0 Å². The van der Waals surface area contributed by atoms with Crippen LogP contribution in [0, 0.1) is 23.7 Å². The topological polar surface area (TPSA) is 12.9 Å². The summed E-state index contributed by atoms with van der Waals surface area (Å²) in [5, 5.41) is 0.741. The summed E-state index contributed by atoms with van der Waals surface area (Å²) >= 11 is 5.93. The van der Waals surface area contributed by atoms with Crippen molar-refractivity contribution >= 4 is 11.6 Å². The maximum atomic E-state index is 5.93. The Labute approximate surface area is 156 Å². The summed E-state index contributed by atoms with van der Waals surface area (Å²) < 4.78 is 0. The van der Waals surface area contributed by atoms with Crippen LogP contribution in [0.15, 0.2) is 55.3 Å². The lowest BCUT2D eigenvalue weighted by Gasteiger charge is -2.25. The number of aromatic nitrogens is 1. The van der Waals surface area contributed by atoms with Crippen molar-refractivity contribution in [3.8, 4) is 23.1 Å². The standard InChI is InChI=1S/C23H24ClN/c1-2-3-4-18-5-7-19(8-6-18)9-10-20-11-16-23(25-17-20)21-12-14-22(24)15-13-21/h2,11-19H,1,3-8H2. The van der Waals surface area contributed by atoms with Gasteiger partial charge in [0.1, 0.15) is 0 Å². The molecule has 0 unspecified atom stereocenters. The van der Waals surface area contributed by atoms with Crippen molar-refractivity contribution in [1.82, 2.24) is 4.98 Å². The smallest absolute Gasteiger partial charge is 0.0702 e. The Morgan fingerprint density at radius 3 is 2.48 bits per heavy atom. The molecule has 0 aliphatic heterocycles. The van der Waals surface area contributed by atoms with Crippen molar-refractivity contribution in [1.29, 1.82) is 0 Å². The van der Waals surface area contributed by atoms with E-state index in [9.17, 15) is 0 Å². The van der Waals surface area contributed by atoms with Gasteiger partial charge in [-0.3, -0.25) is 4.98 Å². The molecule has 25 heavy (non-hydrogen) atoms. The van der Waals surface area contributed by atoms with Gasteiger partial charge in [-0.1, -0.05) is 41.7 Å². The monoisotopic (exact) mass is 349 g/mol. The lowest BCUT2D eigenvalue weighted by atomic mass is 9.80. The largest absolute Gasteiger partial charge is 0.255 e. The van der Waals surface area contributed by atoms with E-state index in [0.717, 1.165) is 34.2 Å². The van der Waals surface area contributed by atoms with Crippen molar-refractivity contribution in [2.75, 3.05) is 0 Å². The molecular weight excluding hydrogens is 326 g/mol. The van der Waals surface area contributed by atoms with Gasteiger partial charge < -0.3 is 0 Å². The fraction of sp³-hybridized carbons (Fsp3) is 0.348. The van der Waals surface area contributed by atoms with Crippen LogP contribution in [0.2, 0.25) is 5.02 Å². The lowest BCUT2D eigenvalue weighted by molar-refractivity contribution is 0.303. The fourth-order valence-corrected chi connectivity index (χ4v) is 3.52. The molecule has 1 aliphatic rings. The van der Waals surface area contributed by atoms with Crippen molar-refractivity contribution in [3.63, 3.8) is 0 Å². The van der Waals surface area contributed by atoms with Crippen LogP contribution in [0.5, 0.6) is 0 Å². The van der Waals surface area contributed by atoms with Gasteiger partial charge in [0.15, 0.2) is 0 Å². The molecule has 128 valence electrons. The van der Waals surface area contributed by atoms with E-state index in [1.165, 1.54) is 32.1 Å². The molecule has 1 aromatic carbocycles. The zero-order chi connectivity index (χ0) is 17.5. The van der Waals surface area contributed by atoms with E-state index in [4.69, 9.17) is 11.6 Å². The van der Waals surface area contributed by atoms with Crippen LogP contribution in [0.4, 0.5) is 0 Å². The highest BCUT2D eigenvalue weighted by molar-refractivity contribution is 6.30. The number of halogens is 1. The Kier molecular flexibility index (Phi) is 6.31. The van der Waals surface area contributed by atoms with Gasteiger partial charge in [0.2, 0.25) is 0 Å². The van der Waals surface area contributed by atoms with Crippen LogP contribution in [-0.2, 0) is 0 Å². The first-order valence-corrected chi connectivity index (χ1v) is 9.47. The quantitative estimate of drug-likeness (QED) is 0.452. The number of hydrogen-bond acceptors (Lipinski definition) is 1. The first kappa shape index (κ1) is 17.8. The molecule has 0 amide bonds. The molecular formula is C23H24ClN. The third-order valence-electron chi connectivity index (χ3n) is 4.95. The van der Waals surface area contributed by atoms with E-state index in [2.05, 4.69) is 29.5 Å². The van der Waals surface area contributed by atoms with Crippen molar-refractivity contribution in [3.05, 3.63) is 65.8 Å². The molecule has 3 rings (SSSR count). The zero-order valence-corrected chi connectivity index (χ0v) is 15.3. The minimum Gasteiger partial charge on any atom is -0.255 e. The number of hydrogen-bond donors (Lipinski definition) is 0. The minimum atomic E-state index is 0.538. The first-order chi connectivity index (χ1) is 12.2. The Hall–Kier alpha value is -2.04. The third-order valence-corrected chi connectivity index (χ3v) is 5.20. The van der Waals surface area contributed by atoms with Gasteiger partial charge in [-0.15, -0.1) is 6.58 Å². The fourth-order valence-electron chi connectivity index (χ4n) is 3.39. The second-order valence-electron chi connectivity index (χ2n) is 6.79. The molecule has 1 fully saturated rings. The average Bonchev–Trinajstić information content (AvgIpc) is 2.67. The van der Waals surface area contributed by atoms with Crippen LogP contribution < -0.4 is 0 Å². The Balaban J connectivity index is 1.57. The summed E-state index contributed by atoms with van der Waals surface area (Å²) in [7, 11) is 0. The summed E-state index contributed by atoms with van der Waals surface area (Å²) in [5.74, 6) is 8.17. The predicted molar refractivity (Wildman–Crippen MR) is 106 cm³/mol. The van der Waals surface area contributed by atoms with Gasteiger partial charge >= 0.3 is 0 Å². The maximum absolute atomic E-state index is 5.93. The molecule has 0 N–H and O–H groups in total. The van der Waals surface area contributed by atoms with Crippen LogP contribution >= 0.6 is 11.6 Å². The molecule has 1 nitrogen and oxygen atoms in total. The highest BCUT2D eigenvalue weighted by Crippen LogP contribution is 2.31. The molecule has 0 bridgehead atoms. The molecule has 1 saturated carbocycles. The van der Waals surface area contributed by atoms with E-state index in [-0.39, 0.29) is 0 Å². The van der Waals surface area contributed by atoms with Crippen molar-refractivity contribution in [2.45, 2.75) is 38.5 Å². The third kappa shape index (κ3) is 5.21. The molecule has 1 aliphatic carbocycles. The summed E-state index contributed by atoms with van der Waals surface area (Å²) in [5.41, 5.74) is 3.01. The Morgan fingerprint density at radius 1 is 1.08 bits per heavy atom. The van der Waals surface area contributed by atoms with Gasteiger partial charge in [0, 0.05) is 28.3 Å². The van der Waals surface area contributed by atoms with E-state index < -0.39 is 0 Å². The van der Waals surface area contributed by atoms with E-state index in [1.807, 2.05) is 42.6 Å². The highest BCUT2D eigenvalue weighted by Gasteiger charge is 2.18. The number of pyridine rings is 1. The zero-order valence-electron chi connectivity index (χ0n) is 14.5. The van der Waals surface area contributed by atoms with E-state index in [1.54, 1.807) is 0 Å². The number of nitrogens with zero attached hydrogens (tertiary/aromatic N) is 1. The molecule has 0 spiro atoms. The maximum Gasteiger partial charge on any atom is 0.0702 e. The number of rotatable bonds is 4. The van der Waals surface area contributed by atoms with Gasteiger partial charge in [-0.05, 0) is 68.7 Å². The first-order valence-electron chi connectivity index (χ1n) is 9.09. The molecule has 2 aromatic rings. The van der Waals surface area contributed by atoms with Crippen LogP contribution in [-0.4, -0.2) is 4.98 Å². The van der Waals surface area contributed by atoms with Crippen LogP contribution in [0.1, 0.15) is 44.1 Å². The Morgan fingerprint density at radius 2 is 1.84 bits per heavy atom. The van der Waals surface area contributed by atoms with E-state index >= 15 is 0 Å². The minimum absolute atomic E-state index is 0.538. The molecule has 0 radical (unpaired) electrons. The molecule has 0 saturated heterocycles. The lowest BCUT2D eigenvalue weighted by Crippen LogP contribution is -2.13. The number of allylic oxidation sites excluding steroid dienone is 1. The molecule has 1 aromatic heterocycles. The second-order valence-corrected chi connectivity index (χ2v) is 7.23. The number of benzene rings is 1. The Bertz CT molecular complexity index is 741. The molecule has 1 heterocycles. The predicted octanol–water partition coefficient (Wildman–Crippen LogP) is 6.53. The van der Waals surface area contributed by atoms with Gasteiger partial charge in [0.25, 0.3) is 0 Å². The summed E-state index contributed by atoms with van der Waals surface area (Å²) in [4.78, 5) is 4.53.